The van der Waals surface area contributed by atoms with Gasteiger partial charge in [0.1, 0.15) is 0 Å². The number of carbonyl (C=O) groups excluding carboxylic acids is 2. The summed E-state index contributed by atoms with van der Waals surface area (Å²) < 4.78 is 6.61. The smallest absolute Gasteiger partial charge is 0.388 e. The Hall–Kier alpha value is -3.92. The Labute approximate surface area is 236 Å². The van der Waals surface area contributed by atoms with Gasteiger partial charge in [-0.3, -0.25) is 14.6 Å². The van der Waals surface area contributed by atoms with Crippen molar-refractivity contribution in [2.45, 2.75) is 67.1 Å². The Balaban J connectivity index is 0.00000441. The minimum absolute atomic E-state index is 0. The van der Waals surface area contributed by atoms with Crippen LogP contribution in [-0.2, 0) is 29.2 Å². The molecule has 1 aliphatic heterocycles. The van der Waals surface area contributed by atoms with E-state index in [4.69, 9.17) is 4.42 Å². The lowest BCUT2D eigenvalue weighted by Crippen LogP contribution is -2.48. The molecule has 2 amide bonds. The van der Waals surface area contributed by atoms with E-state index in [2.05, 4.69) is 29.5 Å². The molecule has 0 bridgehead atoms. The van der Waals surface area contributed by atoms with E-state index in [9.17, 15) is 14.4 Å². The number of unbranched alkanes of at least 4 members (excludes halogenated alkanes) is 2. The first-order chi connectivity index (χ1) is 18.8. The number of hydrazine groups is 1. The first-order valence-electron chi connectivity index (χ1n) is 13.6. The summed E-state index contributed by atoms with van der Waals surface area (Å²) in [5.41, 5.74) is 4.60. The van der Waals surface area contributed by atoms with Gasteiger partial charge >= 0.3 is 5.76 Å². The normalized spacial score (nSPS) is 12.5. The molecule has 0 unspecified atom stereocenters. The van der Waals surface area contributed by atoms with Crippen molar-refractivity contribution in [1.29, 1.82) is 0 Å². The number of benzene rings is 2. The maximum absolute atomic E-state index is 13.5. The molecule has 4 rings (SSSR count). The van der Waals surface area contributed by atoms with Gasteiger partial charge in [-0.2, -0.15) is 4.68 Å². The van der Waals surface area contributed by atoms with E-state index < -0.39 is 5.76 Å². The molecule has 0 saturated heterocycles. The van der Waals surface area contributed by atoms with Crippen LogP contribution < -0.4 is 16.0 Å². The summed E-state index contributed by atoms with van der Waals surface area (Å²) in [5.74, 6) is -0.610. The molecule has 10 heteroatoms. The van der Waals surface area contributed by atoms with Crippen LogP contribution in [0.3, 0.4) is 0 Å². The molecule has 0 atom stereocenters. The van der Waals surface area contributed by atoms with Gasteiger partial charge in [-0.25, -0.2) is 9.80 Å². The standard InChI is InChI=1S/C29H38N6O4.CH4/c1-5-7-10-15-30-26(36)19-33(20-27(37)32(4)34-17-23-11-8-9-12-24(23)18-34)25-16-22(14-13-21(25)3)28-31-35(6-2)29(38)39-28;/h8-9,11-14,16H,5-7,10,15,17-20H2,1-4H3,(H,30,36);1H4. The van der Waals surface area contributed by atoms with Gasteiger partial charge in [0.15, 0.2) is 0 Å². The van der Waals surface area contributed by atoms with Crippen molar-refractivity contribution in [2.24, 2.45) is 0 Å². The number of aromatic nitrogens is 2. The molecular formula is C30H42N6O4. The van der Waals surface area contributed by atoms with E-state index in [0.717, 1.165) is 24.8 Å². The molecule has 1 N–H and O–H groups in total. The van der Waals surface area contributed by atoms with Crippen molar-refractivity contribution in [2.75, 3.05) is 31.6 Å². The third-order valence-electron chi connectivity index (χ3n) is 7.07. The molecule has 1 aromatic heterocycles. The number of nitrogens with zero attached hydrogens (tertiary/aromatic N) is 5. The molecule has 1 aliphatic rings. The fourth-order valence-electron chi connectivity index (χ4n) is 4.71. The van der Waals surface area contributed by atoms with Gasteiger partial charge in [-0.15, -0.1) is 5.10 Å². The fourth-order valence-corrected chi connectivity index (χ4v) is 4.71. The summed E-state index contributed by atoms with van der Waals surface area (Å²) >= 11 is 0. The van der Waals surface area contributed by atoms with E-state index >= 15 is 0 Å². The molecule has 0 fully saturated rings. The molecule has 10 nitrogen and oxygen atoms in total. The predicted molar refractivity (Wildman–Crippen MR) is 157 cm³/mol. The molecular weight excluding hydrogens is 508 g/mol. The summed E-state index contributed by atoms with van der Waals surface area (Å²) in [4.78, 5) is 40.3. The molecule has 0 radical (unpaired) electrons. The number of nitrogens with one attached hydrogen (secondary N) is 1. The topological polar surface area (TPSA) is 104 Å². The second-order valence-electron chi connectivity index (χ2n) is 9.91. The van der Waals surface area contributed by atoms with Crippen LogP contribution in [0.4, 0.5) is 5.69 Å². The van der Waals surface area contributed by atoms with E-state index in [-0.39, 0.29) is 38.2 Å². The SMILES string of the molecule is C.CCCCCNC(=O)CN(CC(=O)N(C)N1Cc2ccccc2C1)c1cc(-c2nn(CC)c(=O)o2)ccc1C. The van der Waals surface area contributed by atoms with Gasteiger partial charge in [-0.05, 0) is 49.1 Å². The third kappa shape index (κ3) is 7.18. The lowest BCUT2D eigenvalue weighted by atomic mass is 10.1. The van der Waals surface area contributed by atoms with Crippen molar-refractivity contribution in [1.82, 2.24) is 25.1 Å². The number of aryl methyl sites for hydroxylation is 2. The Morgan fingerprint density at radius 2 is 1.75 bits per heavy atom. The summed E-state index contributed by atoms with van der Waals surface area (Å²) in [6.07, 6.45) is 3.02. The average molecular weight is 551 g/mol. The van der Waals surface area contributed by atoms with E-state index in [1.807, 2.05) is 49.2 Å². The first kappa shape index (κ1) is 30.6. The highest BCUT2D eigenvalue weighted by molar-refractivity contribution is 5.87. The zero-order chi connectivity index (χ0) is 27.9. The Kier molecular flexibility index (Phi) is 10.7. The maximum Gasteiger partial charge on any atom is 0.437 e. The van der Waals surface area contributed by atoms with Crippen LogP contribution >= 0.6 is 0 Å². The number of carbonyl (C=O) groups is 2. The van der Waals surface area contributed by atoms with E-state index in [0.29, 0.717) is 37.4 Å². The highest BCUT2D eigenvalue weighted by Crippen LogP contribution is 2.28. The molecule has 0 spiro atoms. The number of hydrogen-bond donors (Lipinski definition) is 1. The second kappa shape index (κ2) is 13.9. The Morgan fingerprint density at radius 3 is 2.38 bits per heavy atom. The number of anilines is 1. The van der Waals surface area contributed by atoms with Crippen molar-refractivity contribution >= 4 is 17.5 Å². The van der Waals surface area contributed by atoms with Crippen LogP contribution in [0.25, 0.3) is 11.5 Å². The maximum atomic E-state index is 13.5. The van der Waals surface area contributed by atoms with Crippen LogP contribution in [0.1, 0.15) is 57.2 Å². The zero-order valence-electron chi connectivity index (χ0n) is 23.3. The van der Waals surface area contributed by atoms with Crippen molar-refractivity contribution < 1.29 is 14.0 Å². The highest BCUT2D eigenvalue weighted by atomic mass is 16.4. The van der Waals surface area contributed by atoms with Crippen molar-refractivity contribution in [3.05, 3.63) is 69.7 Å². The molecule has 0 saturated carbocycles. The zero-order valence-corrected chi connectivity index (χ0v) is 23.3. The van der Waals surface area contributed by atoms with Gasteiger partial charge < -0.3 is 14.6 Å². The van der Waals surface area contributed by atoms with Crippen LogP contribution in [0.5, 0.6) is 0 Å². The lowest BCUT2D eigenvalue weighted by molar-refractivity contribution is -0.145. The molecule has 2 heterocycles. The van der Waals surface area contributed by atoms with Gasteiger partial charge in [-0.1, -0.05) is 57.5 Å². The number of fused-ring (bicyclic) bond motifs is 1. The van der Waals surface area contributed by atoms with E-state index in [1.165, 1.54) is 15.8 Å². The van der Waals surface area contributed by atoms with Gasteiger partial charge in [0, 0.05) is 44.5 Å². The summed E-state index contributed by atoms with van der Waals surface area (Å²) in [6.45, 7) is 8.19. The number of hydrogen-bond acceptors (Lipinski definition) is 7. The van der Waals surface area contributed by atoms with Gasteiger partial charge in [0.05, 0.1) is 13.1 Å². The van der Waals surface area contributed by atoms with Crippen molar-refractivity contribution in [3.63, 3.8) is 0 Å². The predicted octanol–water partition coefficient (Wildman–Crippen LogP) is 3.97. The highest BCUT2D eigenvalue weighted by Gasteiger charge is 2.27. The Morgan fingerprint density at radius 1 is 1.05 bits per heavy atom. The largest absolute Gasteiger partial charge is 0.437 e. The average Bonchev–Trinajstić information content (AvgIpc) is 3.53. The van der Waals surface area contributed by atoms with Gasteiger partial charge in [0.2, 0.25) is 11.8 Å². The molecule has 3 aromatic rings. The second-order valence-corrected chi connectivity index (χ2v) is 9.91. The van der Waals surface area contributed by atoms with Crippen LogP contribution in [0.15, 0.2) is 51.7 Å². The molecule has 2 aromatic carbocycles. The monoisotopic (exact) mass is 550 g/mol. The number of amides is 2. The van der Waals surface area contributed by atoms with Crippen LogP contribution in [-0.4, -0.2) is 58.3 Å². The van der Waals surface area contributed by atoms with E-state index in [1.54, 1.807) is 17.0 Å². The molecule has 40 heavy (non-hydrogen) atoms. The first-order valence-corrected chi connectivity index (χ1v) is 13.6. The molecule has 216 valence electrons. The van der Waals surface area contributed by atoms with Crippen LogP contribution in [0, 0.1) is 6.92 Å². The number of rotatable bonds is 12. The fraction of sp³-hybridized carbons (Fsp3) is 0.467. The van der Waals surface area contributed by atoms with Crippen molar-refractivity contribution in [3.8, 4) is 11.5 Å². The summed E-state index contributed by atoms with van der Waals surface area (Å²) in [7, 11) is 1.77. The minimum Gasteiger partial charge on any atom is -0.388 e. The lowest BCUT2D eigenvalue weighted by Gasteiger charge is -2.32. The number of likely N-dealkylation sites (N-methyl/N-ethyl adjacent to an activating group) is 1. The third-order valence-corrected chi connectivity index (χ3v) is 7.07. The summed E-state index contributed by atoms with van der Waals surface area (Å²) in [6, 6.07) is 13.7. The Bertz CT molecular complexity index is 1340. The van der Waals surface area contributed by atoms with Crippen LogP contribution in [0.2, 0.25) is 0 Å². The quantitative estimate of drug-likeness (QED) is 0.340. The van der Waals surface area contributed by atoms with Gasteiger partial charge in [0.25, 0.3) is 5.91 Å². The minimum atomic E-state index is -0.527. The molecule has 0 aliphatic carbocycles. The summed E-state index contributed by atoms with van der Waals surface area (Å²) in [5, 5.41) is 10.9.